The lowest BCUT2D eigenvalue weighted by atomic mass is 10.4. The van der Waals surface area contributed by atoms with Crippen LogP contribution in [-0.4, -0.2) is 93.1 Å². The maximum absolute atomic E-state index is 9.97. The quantitative estimate of drug-likeness (QED) is 0.173. The van der Waals surface area contributed by atoms with Crippen LogP contribution in [0, 0.1) is 0 Å². The number of ether oxygens (including phenoxy) is 3. The van der Waals surface area contributed by atoms with Crippen LogP contribution in [0.3, 0.4) is 0 Å². The molecule has 0 fully saturated rings. The second kappa shape index (κ2) is 18.8. The molecule has 3 atom stereocenters. The van der Waals surface area contributed by atoms with Gasteiger partial charge in [-0.3, -0.25) is 0 Å². The summed E-state index contributed by atoms with van der Waals surface area (Å²) in [5.74, 6) is 0. The van der Waals surface area contributed by atoms with E-state index >= 15 is 0 Å². The Bertz CT molecular complexity index is 444. The maximum atomic E-state index is 9.97. The van der Waals surface area contributed by atoms with E-state index in [0.717, 1.165) is 16.7 Å². The first kappa shape index (κ1) is 30.3. The molecule has 0 aliphatic carbocycles. The molecule has 3 unspecified atom stereocenters. The van der Waals surface area contributed by atoms with Gasteiger partial charge in [0, 0.05) is 0 Å². The minimum Gasteiger partial charge on any atom is -0.388 e. The summed E-state index contributed by atoms with van der Waals surface area (Å²) in [5, 5.41) is 29.9. The SMILES string of the molecule is C=C(C)COCC(O)COP(OCC(O)COCC(=C)C)OCC(O)COCC(=C)C. The van der Waals surface area contributed by atoms with Crippen molar-refractivity contribution in [3.05, 3.63) is 36.5 Å². The van der Waals surface area contributed by atoms with E-state index in [1.165, 1.54) is 0 Å². The van der Waals surface area contributed by atoms with Gasteiger partial charge >= 0.3 is 8.60 Å². The predicted molar refractivity (Wildman–Crippen MR) is 120 cm³/mol. The summed E-state index contributed by atoms with van der Waals surface area (Å²) < 4.78 is 32.3. The van der Waals surface area contributed by atoms with E-state index in [1.54, 1.807) is 0 Å². The predicted octanol–water partition coefficient (Wildman–Crippen LogP) is 2.12. The summed E-state index contributed by atoms with van der Waals surface area (Å²) in [7, 11) is -1.94. The lowest BCUT2D eigenvalue weighted by Crippen LogP contribution is -2.25. The van der Waals surface area contributed by atoms with E-state index in [0.29, 0.717) is 19.8 Å². The van der Waals surface area contributed by atoms with Gasteiger partial charge in [0.25, 0.3) is 0 Å². The summed E-state index contributed by atoms with van der Waals surface area (Å²) in [5.41, 5.74) is 2.52. The Kier molecular flexibility index (Phi) is 18.4. The van der Waals surface area contributed by atoms with Crippen LogP contribution in [0.2, 0.25) is 0 Å². The third kappa shape index (κ3) is 20.9. The van der Waals surface area contributed by atoms with Crippen molar-refractivity contribution in [2.75, 3.05) is 59.5 Å². The van der Waals surface area contributed by atoms with E-state index in [2.05, 4.69) is 19.7 Å². The molecule has 0 aliphatic heterocycles. The molecule has 3 N–H and O–H groups in total. The fraction of sp³-hybridized carbons (Fsp3) is 0.714. The largest absolute Gasteiger partial charge is 0.388 e. The van der Waals surface area contributed by atoms with Crippen molar-refractivity contribution in [1.29, 1.82) is 0 Å². The molecule has 0 amide bonds. The van der Waals surface area contributed by atoms with E-state index < -0.39 is 26.9 Å². The molecule has 9 nitrogen and oxygen atoms in total. The molecule has 0 bridgehead atoms. The van der Waals surface area contributed by atoms with Gasteiger partial charge in [0.1, 0.15) is 18.3 Å². The molecular weight excluding hydrogens is 427 g/mol. The molecule has 0 aromatic rings. The highest BCUT2D eigenvalue weighted by atomic mass is 31.2. The van der Waals surface area contributed by atoms with Crippen LogP contribution < -0.4 is 0 Å². The van der Waals surface area contributed by atoms with Gasteiger partial charge in [-0.25, -0.2) is 0 Å². The summed E-state index contributed by atoms with van der Waals surface area (Å²) >= 11 is 0. The first-order valence-corrected chi connectivity index (χ1v) is 11.1. The van der Waals surface area contributed by atoms with Crippen LogP contribution in [0.4, 0.5) is 0 Å². The third-order valence-electron chi connectivity index (χ3n) is 3.09. The molecular formula is C21H39O9P. The zero-order valence-electron chi connectivity index (χ0n) is 19.0. The van der Waals surface area contributed by atoms with Gasteiger partial charge in [-0.1, -0.05) is 36.5 Å². The van der Waals surface area contributed by atoms with E-state index in [1.807, 2.05) is 20.8 Å². The molecule has 0 saturated heterocycles. The third-order valence-corrected chi connectivity index (χ3v) is 4.17. The zero-order chi connectivity index (χ0) is 23.6. The fourth-order valence-corrected chi connectivity index (χ4v) is 2.91. The second-order valence-corrected chi connectivity index (χ2v) is 8.71. The average molecular weight is 467 g/mol. The topological polar surface area (TPSA) is 116 Å². The van der Waals surface area contributed by atoms with Crippen LogP contribution >= 0.6 is 8.60 Å². The number of hydrogen-bond acceptors (Lipinski definition) is 9. The normalized spacial score (nSPS) is 15.3. The van der Waals surface area contributed by atoms with Crippen LogP contribution in [0.25, 0.3) is 0 Å². The van der Waals surface area contributed by atoms with Crippen molar-refractivity contribution in [1.82, 2.24) is 0 Å². The van der Waals surface area contributed by atoms with Crippen molar-refractivity contribution < 1.29 is 43.1 Å². The highest BCUT2D eigenvalue weighted by Crippen LogP contribution is 2.40. The molecule has 182 valence electrons. The Morgan fingerprint density at radius 2 is 0.839 bits per heavy atom. The van der Waals surface area contributed by atoms with Gasteiger partial charge < -0.3 is 43.1 Å². The van der Waals surface area contributed by atoms with E-state index in [4.69, 9.17) is 27.8 Å². The molecule has 0 aromatic carbocycles. The molecule has 0 rings (SSSR count). The minimum atomic E-state index is -1.94. The molecule has 10 heteroatoms. The highest BCUT2D eigenvalue weighted by molar-refractivity contribution is 7.41. The number of aliphatic hydroxyl groups excluding tert-OH is 3. The first-order chi connectivity index (χ1) is 14.6. The Morgan fingerprint density at radius 1 is 0.581 bits per heavy atom. The maximum Gasteiger partial charge on any atom is 0.332 e. The minimum absolute atomic E-state index is 0.0603. The van der Waals surface area contributed by atoms with Gasteiger partial charge in [-0.15, -0.1) is 0 Å². The zero-order valence-corrected chi connectivity index (χ0v) is 19.9. The molecule has 0 saturated carbocycles. The summed E-state index contributed by atoms with van der Waals surface area (Å²) in [6.45, 7) is 17.5. The summed E-state index contributed by atoms with van der Waals surface area (Å²) in [6.07, 6.45) is -2.70. The molecule has 0 aromatic heterocycles. The van der Waals surface area contributed by atoms with Crippen molar-refractivity contribution >= 4 is 8.60 Å². The highest BCUT2D eigenvalue weighted by Gasteiger charge is 2.20. The summed E-state index contributed by atoms with van der Waals surface area (Å²) in [4.78, 5) is 0. The van der Waals surface area contributed by atoms with Gasteiger partial charge in [-0.05, 0) is 20.8 Å². The van der Waals surface area contributed by atoms with Gasteiger partial charge in [0.2, 0.25) is 0 Å². The fourth-order valence-electron chi connectivity index (χ4n) is 1.80. The van der Waals surface area contributed by atoms with E-state index in [-0.39, 0.29) is 39.6 Å². The molecule has 0 spiro atoms. The Hall–Kier alpha value is -0.710. The molecule has 0 radical (unpaired) electrons. The Labute approximate surface area is 187 Å². The molecule has 31 heavy (non-hydrogen) atoms. The average Bonchev–Trinajstić information content (AvgIpc) is 2.66. The van der Waals surface area contributed by atoms with Crippen LogP contribution in [0.1, 0.15) is 20.8 Å². The summed E-state index contributed by atoms with van der Waals surface area (Å²) in [6, 6.07) is 0. The lowest BCUT2D eigenvalue weighted by Gasteiger charge is -2.21. The van der Waals surface area contributed by atoms with E-state index in [9.17, 15) is 15.3 Å². The number of hydrogen-bond donors (Lipinski definition) is 3. The van der Waals surface area contributed by atoms with Crippen LogP contribution in [0.15, 0.2) is 36.5 Å². The number of rotatable bonds is 21. The van der Waals surface area contributed by atoms with Crippen molar-refractivity contribution in [2.24, 2.45) is 0 Å². The van der Waals surface area contributed by atoms with Gasteiger partial charge in [0.05, 0.1) is 59.5 Å². The standard InChI is InChI=1S/C21H39O9P/c1-16(2)7-25-10-19(22)13-28-31(29-14-20(23)11-26-8-17(3)4)30-15-21(24)12-27-9-18(5)6/h19-24H,1,3,5,7-15H2,2,4,6H3. The monoisotopic (exact) mass is 466 g/mol. The van der Waals surface area contributed by atoms with Crippen LogP contribution in [0.5, 0.6) is 0 Å². The molecule has 0 aliphatic rings. The molecule has 0 heterocycles. The lowest BCUT2D eigenvalue weighted by molar-refractivity contribution is -0.0132. The van der Waals surface area contributed by atoms with Gasteiger partial charge in [0.15, 0.2) is 0 Å². The number of aliphatic hydroxyl groups is 3. The second-order valence-electron chi connectivity index (χ2n) is 7.49. The van der Waals surface area contributed by atoms with Crippen molar-refractivity contribution in [2.45, 2.75) is 39.1 Å². The first-order valence-electron chi connectivity index (χ1n) is 9.99. The smallest absolute Gasteiger partial charge is 0.332 e. The Balaban J connectivity index is 4.43. The Morgan fingerprint density at radius 3 is 1.06 bits per heavy atom. The van der Waals surface area contributed by atoms with Gasteiger partial charge in [-0.2, -0.15) is 0 Å². The van der Waals surface area contributed by atoms with Crippen molar-refractivity contribution in [3.63, 3.8) is 0 Å². The van der Waals surface area contributed by atoms with Crippen molar-refractivity contribution in [3.8, 4) is 0 Å². The van der Waals surface area contributed by atoms with Crippen LogP contribution in [-0.2, 0) is 27.8 Å².